The first-order valence-electron chi connectivity index (χ1n) is 2.72. The lowest BCUT2D eigenvalue weighted by Crippen LogP contribution is -2.34. The van der Waals surface area contributed by atoms with Crippen LogP contribution in [-0.2, 0) is 0 Å². The standard InChI is InChI=1S/C5H7F3N2.FH/c1-9-2-3-10(4-9)5(6,7)8;/h2-3H,4H2,1H3;1H. The Morgan fingerprint density at radius 1 is 1.27 bits per heavy atom. The van der Waals surface area contributed by atoms with Crippen LogP contribution in [0.15, 0.2) is 12.4 Å². The molecule has 1 heterocycles. The van der Waals surface area contributed by atoms with Crippen molar-refractivity contribution in [1.29, 1.82) is 0 Å². The Hall–Kier alpha value is -0.940. The minimum atomic E-state index is -4.23. The lowest BCUT2D eigenvalue weighted by molar-refractivity contribution is -0.229. The highest BCUT2D eigenvalue weighted by molar-refractivity contribution is 4.89. The molecule has 0 atom stereocenters. The third kappa shape index (κ3) is 2.28. The first kappa shape index (κ1) is 10.1. The molecule has 0 aromatic carbocycles. The zero-order valence-corrected chi connectivity index (χ0v) is 5.80. The van der Waals surface area contributed by atoms with Gasteiger partial charge in [0.15, 0.2) is 0 Å². The van der Waals surface area contributed by atoms with Crippen molar-refractivity contribution in [3.63, 3.8) is 0 Å². The molecule has 0 saturated carbocycles. The van der Waals surface area contributed by atoms with Gasteiger partial charge in [-0.3, -0.25) is 9.60 Å². The van der Waals surface area contributed by atoms with Gasteiger partial charge in [-0.2, -0.15) is 13.2 Å². The van der Waals surface area contributed by atoms with Crippen LogP contribution < -0.4 is 0 Å². The highest BCUT2D eigenvalue weighted by Crippen LogP contribution is 2.23. The van der Waals surface area contributed by atoms with Crippen LogP contribution in [0, 0.1) is 0 Å². The van der Waals surface area contributed by atoms with Crippen molar-refractivity contribution in [1.82, 2.24) is 9.80 Å². The molecule has 1 rings (SSSR count). The monoisotopic (exact) mass is 172 g/mol. The first-order valence-corrected chi connectivity index (χ1v) is 2.72. The summed E-state index contributed by atoms with van der Waals surface area (Å²) in [7, 11) is 1.59. The van der Waals surface area contributed by atoms with Gasteiger partial charge in [-0.15, -0.1) is 0 Å². The molecule has 0 amide bonds. The fourth-order valence-electron chi connectivity index (χ4n) is 0.694. The molecule has 6 heteroatoms. The van der Waals surface area contributed by atoms with Gasteiger partial charge in [-0.05, 0) is 0 Å². The third-order valence-electron chi connectivity index (χ3n) is 1.20. The number of rotatable bonds is 0. The summed E-state index contributed by atoms with van der Waals surface area (Å²) in [6.07, 6.45) is -1.84. The summed E-state index contributed by atoms with van der Waals surface area (Å²) in [6.45, 7) is -0.108. The van der Waals surface area contributed by atoms with E-state index in [2.05, 4.69) is 0 Å². The van der Waals surface area contributed by atoms with E-state index in [4.69, 9.17) is 0 Å². The van der Waals surface area contributed by atoms with Crippen LogP contribution in [0.4, 0.5) is 17.9 Å². The molecule has 0 aliphatic carbocycles. The molecule has 2 nitrogen and oxygen atoms in total. The van der Waals surface area contributed by atoms with Crippen LogP contribution in [0.3, 0.4) is 0 Å². The molecule has 0 aromatic heterocycles. The molecule has 66 valence electrons. The molecular formula is C5H8F4N2. The van der Waals surface area contributed by atoms with Crippen LogP contribution in [0.1, 0.15) is 0 Å². The van der Waals surface area contributed by atoms with Gasteiger partial charge in [-0.25, -0.2) is 0 Å². The van der Waals surface area contributed by atoms with Gasteiger partial charge in [0, 0.05) is 19.4 Å². The summed E-state index contributed by atoms with van der Waals surface area (Å²) in [6, 6.07) is 0. The van der Waals surface area contributed by atoms with E-state index >= 15 is 0 Å². The van der Waals surface area contributed by atoms with Crippen LogP contribution in [0.2, 0.25) is 0 Å². The Bertz CT molecular complexity index is 153. The van der Waals surface area contributed by atoms with Gasteiger partial charge in [0.25, 0.3) is 0 Å². The molecule has 0 bridgehead atoms. The van der Waals surface area contributed by atoms with Gasteiger partial charge in [-0.1, -0.05) is 0 Å². The van der Waals surface area contributed by atoms with E-state index in [1.165, 1.54) is 11.1 Å². The van der Waals surface area contributed by atoms with E-state index in [-0.39, 0.29) is 11.4 Å². The van der Waals surface area contributed by atoms with Gasteiger partial charge >= 0.3 is 6.30 Å². The molecule has 1 aliphatic heterocycles. The molecule has 0 N–H and O–H groups in total. The number of hydrogen-bond donors (Lipinski definition) is 0. The fourth-order valence-corrected chi connectivity index (χ4v) is 0.694. The van der Waals surface area contributed by atoms with Crippen molar-refractivity contribution in [3.05, 3.63) is 12.4 Å². The Kier molecular flexibility index (Phi) is 2.72. The van der Waals surface area contributed by atoms with Gasteiger partial charge in [0.05, 0.1) is 6.67 Å². The number of hydrogen-bond acceptors (Lipinski definition) is 2. The van der Waals surface area contributed by atoms with E-state index in [1.807, 2.05) is 0 Å². The third-order valence-corrected chi connectivity index (χ3v) is 1.20. The summed E-state index contributed by atoms with van der Waals surface area (Å²) in [5.74, 6) is 0. The number of halogens is 4. The second-order valence-electron chi connectivity index (χ2n) is 2.13. The molecule has 0 radical (unpaired) electrons. The van der Waals surface area contributed by atoms with Gasteiger partial charge < -0.3 is 4.90 Å². The average molecular weight is 172 g/mol. The summed E-state index contributed by atoms with van der Waals surface area (Å²) in [4.78, 5) is 1.76. The van der Waals surface area contributed by atoms with Crippen LogP contribution >= 0.6 is 0 Å². The molecule has 0 fully saturated rings. The van der Waals surface area contributed by atoms with E-state index in [9.17, 15) is 13.2 Å². The van der Waals surface area contributed by atoms with Gasteiger partial charge in [0.2, 0.25) is 0 Å². The molecule has 0 aromatic rings. The summed E-state index contributed by atoms with van der Waals surface area (Å²) < 4.78 is 35.3. The van der Waals surface area contributed by atoms with Crippen molar-refractivity contribution in [3.8, 4) is 0 Å². The quantitative estimate of drug-likeness (QED) is 0.402. The second-order valence-corrected chi connectivity index (χ2v) is 2.13. The Balaban J connectivity index is 0.000001000. The maximum atomic E-state index is 11.8. The van der Waals surface area contributed by atoms with Gasteiger partial charge in [0.1, 0.15) is 0 Å². The van der Waals surface area contributed by atoms with Crippen molar-refractivity contribution < 1.29 is 17.9 Å². The van der Waals surface area contributed by atoms with E-state index in [0.717, 1.165) is 6.20 Å². The predicted molar refractivity (Wildman–Crippen MR) is 32.2 cm³/mol. The highest BCUT2D eigenvalue weighted by Gasteiger charge is 2.36. The zero-order valence-electron chi connectivity index (χ0n) is 5.80. The fraction of sp³-hybridized carbons (Fsp3) is 0.600. The largest absolute Gasteiger partial charge is 0.485 e. The lowest BCUT2D eigenvalue weighted by atomic mass is 10.8. The average Bonchev–Trinajstić information content (AvgIpc) is 2.11. The summed E-state index contributed by atoms with van der Waals surface area (Å²) in [5, 5.41) is 0. The number of nitrogens with zero attached hydrogens (tertiary/aromatic N) is 2. The highest BCUT2D eigenvalue weighted by atomic mass is 19.4. The summed E-state index contributed by atoms with van der Waals surface area (Å²) >= 11 is 0. The van der Waals surface area contributed by atoms with E-state index < -0.39 is 6.30 Å². The molecule has 0 saturated heterocycles. The Morgan fingerprint density at radius 2 is 1.82 bits per heavy atom. The number of alkyl halides is 3. The van der Waals surface area contributed by atoms with Crippen molar-refractivity contribution >= 4 is 0 Å². The molecule has 0 unspecified atom stereocenters. The normalized spacial score (nSPS) is 17.1. The van der Waals surface area contributed by atoms with E-state index in [1.54, 1.807) is 7.05 Å². The van der Waals surface area contributed by atoms with Crippen LogP contribution in [-0.4, -0.2) is 29.8 Å². The van der Waals surface area contributed by atoms with Crippen LogP contribution in [0.25, 0.3) is 0 Å². The topological polar surface area (TPSA) is 6.48 Å². The van der Waals surface area contributed by atoms with Crippen molar-refractivity contribution in [2.75, 3.05) is 13.7 Å². The van der Waals surface area contributed by atoms with E-state index in [0.29, 0.717) is 4.90 Å². The second kappa shape index (κ2) is 2.98. The SMILES string of the molecule is CN1C=CN(C(F)(F)F)C1.F. The maximum absolute atomic E-state index is 11.8. The smallest absolute Gasteiger partial charge is 0.361 e. The minimum absolute atomic E-state index is 0. The summed E-state index contributed by atoms with van der Waals surface area (Å²) in [5.41, 5.74) is 0. The first-order chi connectivity index (χ1) is 4.50. The maximum Gasteiger partial charge on any atom is 0.485 e. The molecule has 1 aliphatic rings. The Labute approximate surface area is 61.2 Å². The van der Waals surface area contributed by atoms with Crippen LogP contribution in [0.5, 0.6) is 0 Å². The molecular weight excluding hydrogens is 164 g/mol. The minimum Gasteiger partial charge on any atom is -0.361 e. The molecule has 11 heavy (non-hydrogen) atoms. The molecule has 0 spiro atoms. The van der Waals surface area contributed by atoms with Crippen molar-refractivity contribution in [2.24, 2.45) is 0 Å². The zero-order chi connectivity index (χ0) is 7.78. The Morgan fingerprint density at radius 3 is 2.00 bits per heavy atom. The van der Waals surface area contributed by atoms with Crippen molar-refractivity contribution in [2.45, 2.75) is 6.30 Å². The predicted octanol–water partition coefficient (Wildman–Crippen LogP) is 1.33. The lowest BCUT2D eigenvalue weighted by Gasteiger charge is -2.20.